The number of ether oxygens (including phenoxy) is 4. The normalized spacial score (nSPS) is 18.9. The van der Waals surface area contributed by atoms with Crippen LogP contribution in [0.2, 0.25) is 0 Å². The number of amides is 3. The Balaban J connectivity index is 0.000000199. The Bertz CT molecular complexity index is 2110. The minimum absolute atomic E-state index is 0.0505. The molecule has 0 bridgehead atoms. The lowest BCUT2D eigenvalue weighted by Crippen LogP contribution is -2.53. The van der Waals surface area contributed by atoms with Gasteiger partial charge < -0.3 is 43.5 Å². The van der Waals surface area contributed by atoms with Crippen molar-refractivity contribution in [2.45, 2.75) is 135 Å². The van der Waals surface area contributed by atoms with Crippen molar-refractivity contribution in [1.29, 1.82) is 0 Å². The Kier molecular flexibility index (Phi) is 18.0. The lowest BCUT2D eigenvalue weighted by molar-refractivity contribution is -0.160. The largest absolute Gasteiger partial charge is 0.466 e. The van der Waals surface area contributed by atoms with E-state index in [1.54, 1.807) is 56.8 Å². The number of likely N-dealkylation sites (tertiary alicyclic amines) is 3. The molecule has 0 saturated carbocycles. The standard InChI is InChI=1S/C22H25FN6O.C13H22FNO4.C13H23NO4/c23-22(8-12-24-13-9-22)21(30)28-14-6-16(7-15-28)29-19-18(5-3-11-26-19)27-20(29)17-4-1-2-10-25-17;1-5-18-10(16)13(14)6-8-15(9-7-13)11(17)19-12(2,3)4;1-5-17-11(15)10-6-8-14(9-7-10)12(16)18-13(2,3)4/h1-5,10-11,16,24H,6-9,12-15H2;5-9H2,1-4H3;10H,5-9H2,1-4H3. The molecule has 7 heterocycles. The Morgan fingerprint density at radius 2 is 1.24 bits per heavy atom. The molecule has 3 aromatic rings. The molecular formula is C48H70F2N8O9. The van der Waals surface area contributed by atoms with Crippen LogP contribution in [-0.4, -0.2) is 152 Å². The third-order valence-corrected chi connectivity index (χ3v) is 11.9. The molecule has 67 heavy (non-hydrogen) atoms. The van der Waals surface area contributed by atoms with E-state index in [0.29, 0.717) is 58.7 Å². The summed E-state index contributed by atoms with van der Waals surface area (Å²) in [7, 11) is 0. The van der Waals surface area contributed by atoms with Crippen LogP contribution in [0.5, 0.6) is 0 Å². The van der Waals surface area contributed by atoms with Crippen LogP contribution in [0.15, 0.2) is 42.7 Å². The lowest BCUT2D eigenvalue weighted by atomic mass is 9.91. The zero-order chi connectivity index (χ0) is 49.0. The second-order valence-electron chi connectivity index (χ2n) is 19.3. The number of carbonyl (C=O) groups excluding carboxylic acids is 5. The maximum Gasteiger partial charge on any atom is 0.410 e. The molecule has 0 aliphatic carbocycles. The van der Waals surface area contributed by atoms with Gasteiger partial charge >= 0.3 is 24.1 Å². The average Bonchev–Trinajstić information content (AvgIpc) is 3.69. The summed E-state index contributed by atoms with van der Waals surface area (Å²) in [5, 5.41) is 3.13. The van der Waals surface area contributed by atoms with Gasteiger partial charge in [-0.05, 0) is 118 Å². The summed E-state index contributed by atoms with van der Waals surface area (Å²) in [6.07, 6.45) is 5.94. The maximum absolute atomic E-state index is 15.2. The molecule has 4 fully saturated rings. The van der Waals surface area contributed by atoms with Crippen LogP contribution in [-0.2, 0) is 33.3 Å². The number of fused-ring (bicyclic) bond motifs is 1. The van der Waals surface area contributed by atoms with E-state index < -0.39 is 34.6 Å². The van der Waals surface area contributed by atoms with Gasteiger partial charge in [0.2, 0.25) is 5.67 Å². The third-order valence-electron chi connectivity index (χ3n) is 11.9. The fraction of sp³-hybridized carbons (Fsp3) is 0.667. The SMILES string of the molecule is CCOC(=O)C1(F)CCN(C(=O)OC(C)(C)C)CC1.CCOC(=O)C1CCN(C(=O)OC(C)(C)C)CC1.O=C(N1CCC(n2c(-c3ccccn3)nc3cccnc32)CC1)C1(F)CCNCC1. The van der Waals surface area contributed by atoms with E-state index >= 15 is 4.39 Å². The first-order valence-corrected chi connectivity index (χ1v) is 23.6. The highest BCUT2D eigenvalue weighted by molar-refractivity contribution is 5.85. The predicted molar refractivity (Wildman–Crippen MR) is 246 cm³/mol. The average molecular weight is 941 g/mol. The Labute approximate surface area is 392 Å². The molecule has 1 N–H and O–H groups in total. The van der Waals surface area contributed by atoms with Gasteiger partial charge in [0.25, 0.3) is 5.91 Å². The predicted octanol–water partition coefficient (Wildman–Crippen LogP) is 7.23. The quantitative estimate of drug-likeness (QED) is 0.185. The van der Waals surface area contributed by atoms with Crippen LogP contribution in [0, 0.1) is 5.92 Å². The Hall–Kier alpha value is -5.46. The van der Waals surface area contributed by atoms with E-state index in [1.165, 1.54) is 4.90 Å². The van der Waals surface area contributed by atoms with E-state index in [9.17, 15) is 28.4 Å². The fourth-order valence-corrected chi connectivity index (χ4v) is 8.32. The first-order valence-electron chi connectivity index (χ1n) is 23.6. The van der Waals surface area contributed by atoms with E-state index in [-0.39, 0.29) is 75.3 Å². The summed E-state index contributed by atoms with van der Waals surface area (Å²) in [6, 6.07) is 9.73. The molecule has 3 aromatic heterocycles. The van der Waals surface area contributed by atoms with Gasteiger partial charge in [-0.25, -0.2) is 33.1 Å². The van der Waals surface area contributed by atoms with Crippen molar-refractivity contribution >= 4 is 41.2 Å². The van der Waals surface area contributed by atoms with Crippen molar-refractivity contribution in [3.8, 4) is 11.5 Å². The van der Waals surface area contributed by atoms with Crippen molar-refractivity contribution in [1.82, 2.24) is 39.5 Å². The Morgan fingerprint density at radius 3 is 1.78 bits per heavy atom. The molecule has 0 radical (unpaired) electrons. The van der Waals surface area contributed by atoms with Crippen LogP contribution >= 0.6 is 0 Å². The van der Waals surface area contributed by atoms with Crippen molar-refractivity contribution < 1.29 is 51.7 Å². The van der Waals surface area contributed by atoms with E-state index in [0.717, 1.165) is 35.5 Å². The van der Waals surface area contributed by atoms with Crippen molar-refractivity contribution in [2.24, 2.45) is 5.92 Å². The lowest BCUT2D eigenvalue weighted by Gasteiger charge is -2.38. The zero-order valence-corrected chi connectivity index (χ0v) is 40.5. The number of rotatable bonds is 7. The molecule has 17 nitrogen and oxygen atoms in total. The van der Waals surface area contributed by atoms with Crippen molar-refractivity contribution in [3.63, 3.8) is 0 Å². The number of hydrogen-bond donors (Lipinski definition) is 1. The second-order valence-corrected chi connectivity index (χ2v) is 19.3. The van der Waals surface area contributed by atoms with Gasteiger partial charge in [0.15, 0.2) is 17.1 Å². The highest BCUT2D eigenvalue weighted by atomic mass is 19.1. The third kappa shape index (κ3) is 14.5. The molecule has 0 spiro atoms. The Morgan fingerprint density at radius 1 is 0.687 bits per heavy atom. The second kappa shape index (κ2) is 23.0. The first kappa shape index (κ1) is 52.5. The number of imidazole rings is 1. The summed E-state index contributed by atoms with van der Waals surface area (Å²) in [5.74, 6) is -0.626. The van der Waals surface area contributed by atoms with E-state index in [2.05, 4.69) is 19.9 Å². The number of halogens is 2. The van der Waals surface area contributed by atoms with Gasteiger partial charge in [-0.3, -0.25) is 14.6 Å². The van der Waals surface area contributed by atoms with Gasteiger partial charge in [-0.15, -0.1) is 0 Å². The minimum Gasteiger partial charge on any atom is -0.466 e. The highest BCUT2D eigenvalue weighted by Crippen LogP contribution is 2.34. The summed E-state index contributed by atoms with van der Waals surface area (Å²) >= 11 is 0. The van der Waals surface area contributed by atoms with Crippen molar-refractivity contribution in [3.05, 3.63) is 42.7 Å². The molecule has 4 saturated heterocycles. The van der Waals surface area contributed by atoms with Gasteiger partial charge in [0.1, 0.15) is 22.4 Å². The number of nitrogens with zero attached hydrogens (tertiary/aromatic N) is 7. The monoisotopic (exact) mass is 941 g/mol. The van der Waals surface area contributed by atoms with Crippen LogP contribution < -0.4 is 5.32 Å². The molecule has 370 valence electrons. The molecule has 0 aromatic carbocycles. The van der Waals surface area contributed by atoms with Crippen LogP contribution in [0.1, 0.15) is 113 Å². The van der Waals surface area contributed by atoms with E-state index in [4.69, 9.17) is 23.9 Å². The smallest absolute Gasteiger partial charge is 0.410 e. The minimum atomic E-state index is -1.98. The van der Waals surface area contributed by atoms with Gasteiger partial charge in [-0.1, -0.05) is 6.07 Å². The molecule has 0 atom stereocenters. The van der Waals surface area contributed by atoms with Crippen LogP contribution in [0.25, 0.3) is 22.7 Å². The number of hydrogen-bond acceptors (Lipinski definition) is 13. The zero-order valence-electron chi connectivity index (χ0n) is 40.5. The topological polar surface area (TPSA) is 188 Å². The number of aromatic nitrogens is 4. The van der Waals surface area contributed by atoms with Crippen LogP contribution in [0.3, 0.4) is 0 Å². The number of nitrogens with one attached hydrogen (secondary N) is 1. The van der Waals surface area contributed by atoms with Gasteiger partial charge in [0, 0.05) is 83.4 Å². The number of piperidine rings is 4. The van der Waals surface area contributed by atoms with E-state index in [1.807, 2.05) is 51.1 Å². The number of pyridine rings is 2. The molecule has 19 heteroatoms. The first-order chi connectivity index (χ1) is 31.7. The molecule has 3 amide bonds. The summed E-state index contributed by atoms with van der Waals surface area (Å²) in [5.41, 5.74) is -2.31. The fourth-order valence-electron chi connectivity index (χ4n) is 8.32. The number of carbonyl (C=O) groups is 5. The van der Waals surface area contributed by atoms with Gasteiger partial charge in [-0.2, -0.15) is 0 Å². The van der Waals surface area contributed by atoms with Gasteiger partial charge in [0.05, 0.1) is 19.1 Å². The molecule has 0 unspecified atom stereocenters. The molecule has 7 rings (SSSR count). The highest BCUT2D eigenvalue weighted by Gasteiger charge is 2.45. The number of alkyl halides is 2. The molecular weight excluding hydrogens is 871 g/mol. The van der Waals surface area contributed by atoms with Crippen LogP contribution in [0.4, 0.5) is 18.4 Å². The molecule has 4 aliphatic rings. The van der Waals surface area contributed by atoms with Crippen molar-refractivity contribution in [2.75, 3.05) is 65.6 Å². The maximum atomic E-state index is 15.2. The summed E-state index contributed by atoms with van der Waals surface area (Å²) in [4.78, 5) is 78.1. The summed E-state index contributed by atoms with van der Waals surface area (Å²) in [6.45, 7) is 18.4. The number of esters is 2. The summed E-state index contributed by atoms with van der Waals surface area (Å²) < 4.78 is 51.8. The molecule has 4 aliphatic heterocycles.